The predicted molar refractivity (Wildman–Crippen MR) is 157 cm³/mol. The van der Waals surface area contributed by atoms with Gasteiger partial charge in [-0.15, -0.1) is 11.3 Å². The van der Waals surface area contributed by atoms with E-state index >= 15 is 0 Å². The maximum atomic E-state index is 5.19. The first-order chi connectivity index (χ1) is 19.3. The van der Waals surface area contributed by atoms with Gasteiger partial charge in [0.2, 0.25) is 0 Å². The van der Waals surface area contributed by atoms with Crippen LogP contribution in [0, 0.1) is 0 Å². The number of pyridine rings is 3. The SMILES string of the molecule is c1cncc(-c2nc(-c3cccnc3)nc(-c3nc4cc5sc6ccccc6c5cc4c4ccccc34)n2)c1. The summed E-state index contributed by atoms with van der Waals surface area (Å²) in [5.41, 5.74) is 3.25. The Balaban J connectivity index is 1.44. The standard InChI is InChI=1S/C32H18N6S/c1-2-11-23-21(9-1)24-15-25-22-10-3-4-12-27(22)39-28(25)16-26(24)35-29(23)32-37-30(19-7-5-13-33-17-19)36-31(38-32)20-8-6-14-34-18-20/h1-18H. The highest BCUT2D eigenvalue weighted by Crippen LogP contribution is 2.39. The van der Waals surface area contributed by atoms with Gasteiger partial charge < -0.3 is 0 Å². The van der Waals surface area contributed by atoms with Gasteiger partial charge >= 0.3 is 0 Å². The molecule has 0 aliphatic heterocycles. The maximum Gasteiger partial charge on any atom is 0.183 e. The van der Waals surface area contributed by atoms with Gasteiger partial charge in [0.05, 0.1) is 5.52 Å². The monoisotopic (exact) mass is 518 g/mol. The Morgan fingerprint density at radius 3 is 1.79 bits per heavy atom. The van der Waals surface area contributed by atoms with Crippen LogP contribution in [0.2, 0.25) is 0 Å². The fourth-order valence-corrected chi connectivity index (χ4v) is 6.20. The van der Waals surface area contributed by atoms with Crippen molar-refractivity contribution in [1.82, 2.24) is 29.9 Å². The van der Waals surface area contributed by atoms with Crippen molar-refractivity contribution in [1.29, 1.82) is 0 Å². The molecule has 0 aliphatic carbocycles. The molecule has 0 atom stereocenters. The molecule has 0 bridgehead atoms. The summed E-state index contributed by atoms with van der Waals surface area (Å²) in [6, 6.07) is 29.0. The van der Waals surface area contributed by atoms with E-state index in [0.29, 0.717) is 17.5 Å². The molecule has 0 unspecified atom stereocenters. The largest absolute Gasteiger partial charge is 0.264 e. The molecule has 39 heavy (non-hydrogen) atoms. The first-order valence-corrected chi connectivity index (χ1v) is 13.3. The molecule has 8 aromatic rings. The van der Waals surface area contributed by atoms with Crippen molar-refractivity contribution in [3.63, 3.8) is 0 Å². The van der Waals surface area contributed by atoms with Crippen LogP contribution < -0.4 is 0 Å². The lowest BCUT2D eigenvalue weighted by atomic mass is 10.0. The van der Waals surface area contributed by atoms with E-state index in [1.54, 1.807) is 36.1 Å². The van der Waals surface area contributed by atoms with Gasteiger partial charge in [0.1, 0.15) is 5.69 Å². The Hall–Kier alpha value is -5.14. The fourth-order valence-electron chi connectivity index (χ4n) is 5.07. The Morgan fingerprint density at radius 1 is 0.462 bits per heavy atom. The van der Waals surface area contributed by atoms with Gasteiger partial charge in [-0.1, -0.05) is 42.5 Å². The topological polar surface area (TPSA) is 77.3 Å². The van der Waals surface area contributed by atoms with Gasteiger partial charge in [-0.3, -0.25) is 9.97 Å². The predicted octanol–water partition coefficient (Wildman–Crippen LogP) is 7.73. The molecule has 7 heteroatoms. The average Bonchev–Trinajstić information content (AvgIpc) is 3.38. The summed E-state index contributed by atoms with van der Waals surface area (Å²) in [6.07, 6.45) is 6.99. The molecule has 5 heterocycles. The van der Waals surface area contributed by atoms with Gasteiger partial charge in [-0.2, -0.15) is 0 Å². The molecule has 0 aliphatic rings. The summed E-state index contributed by atoms with van der Waals surface area (Å²) in [6.45, 7) is 0. The Bertz CT molecular complexity index is 2120. The summed E-state index contributed by atoms with van der Waals surface area (Å²) < 4.78 is 2.48. The lowest BCUT2D eigenvalue weighted by Gasteiger charge is -2.11. The summed E-state index contributed by atoms with van der Waals surface area (Å²) >= 11 is 1.79. The van der Waals surface area contributed by atoms with Crippen LogP contribution in [-0.4, -0.2) is 29.9 Å². The van der Waals surface area contributed by atoms with Crippen LogP contribution in [0.25, 0.3) is 76.1 Å². The fraction of sp³-hybridized carbons (Fsp3) is 0. The van der Waals surface area contributed by atoms with Gasteiger partial charge in [-0.05, 0) is 47.9 Å². The molecule has 0 amide bonds. The summed E-state index contributed by atoms with van der Waals surface area (Å²) in [7, 11) is 0. The van der Waals surface area contributed by atoms with Crippen molar-refractivity contribution < 1.29 is 0 Å². The normalized spacial score (nSPS) is 11.6. The van der Waals surface area contributed by atoms with E-state index in [-0.39, 0.29) is 0 Å². The molecular formula is C32H18N6S. The lowest BCUT2D eigenvalue weighted by Crippen LogP contribution is -2.02. The van der Waals surface area contributed by atoms with Crippen LogP contribution in [0.5, 0.6) is 0 Å². The molecule has 0 fully saturated rings. The van der Waals surface area contributed by atoms with Crippen LogP contribution in [0.3, 0.4) is 0 Å². The van der Waals surface area contributed by atoms with E-state index in [2.05, 4.69) is 64.6 Å². The average molecular weight is 519 g/mol. The quantitative estimate of drug-likeness (QED) is 0.223. The molecule has 0 N–H and O–H groups in total. The van der Waals surface area contributed by atoms with Crippen molar-refractivity contribution in [2.75, 3.05) is 0 Å². The van der Waals surface area contributed by atoms with Gasteiger partial charge in [0, 0.05) is 66.9 Å². The number of nitrogens with zero attached hydrogens (tertiary/aromatic N) is 6. The van der Waals surface area contributed by atoms with E-state index in [1.165, 1.54) is 20.2 Å². The van der Waals surface area contributed by atoms with Crippen molar-refractivity contribution in [3.05, 3.63) is 110 Å². The highest BCUT2D eigenvalue weighted by Gasteiger charge is 2.18. The van der Waals surface area contributed by atoms with Gasteiger partial charge in [0.15, 0.2) is 17.5 Å². The number of hydrogen-bond donors (Lipinski definition) is 0. The maximum absolute atomic E-state index is 5.19. The zero-order valence-corrected chi connectivity index (χ0v) is 21.3. The third-order valence-electron chi connectivity index (χ3n) is 6.89. The molecule has 6 nitrogen and oxygen atoms in total. The smallest absolute Gasteiger partial charge is 0.183 e. The minimum atomic E-state index is 0.511. The van der Waals surface area contributed by atoms with E-state index in [4.69, 9.17) is 19.9 Å². The van der Waals surface area contributed by atoms with Crippen molar-refractivity contribution in [3.8, 4) is 34.3 Å². The van der Waals surface area contributed by atoms with Gasteiger partial charge in [0.25, 0.3) is 0 Å². The summed E-state index contributed by atoms with van der Waals surface area (Å²) in [4.78, 5) is 28.3. The lowest BCUT2D eigenvalue weighted by molar-refractivity contribution is 1.06. The second-order valence-electron chi connectivity index (χ2n) is 9.26. The summed E-state index contributed by atoms with van der Waals surface area (Å²) in [5.74, 6) is 1.59. The Labute approximate surface area is 226 Å². The highest BCUT2D eigenvalue weighted by atomic mass is 32.1. The van der Waals surface area contributed by atoms with E-state index in [9.17, 15) is 0 Å². The van der Waals surface area contributed by atoms with Crippen molar-refractivity contribution in [2.24, 2.45) is 0 Å². The minimum absolute atomic E-state index is 0.511. The Morgan fingerprint density at radius 2 is 1.10 bits per heavy atom. The molecule has 0 spiro atoms. The molecule has 0 radical (unpaired) electrons. The first kappa shape index (κ1) is 21.9. The number of rotatable bonds is 3. The van der Waals surface area contributed by atoms with Gasteiger partial charge in [-0.25, -0.2) is 19.9 Å². The number of fused-ring (bicyclic) bond motifs is 6. The first-order valence-electron chi connectivity index (χ1n) is 12.5. The third-order valence-corrected chi connectivity index (χ3v) is 8.02. The second-order valence-corrected chi connectivity index (χ2v) is 10.3. The molecular weight excluding hydrogens is 500 g/mol. The van der Waals surface area contributed by atoms with E-state index in [1.807, 2.05) is 30.3 Å². The molecule has 8 rings (SSSR count). The van der Waals surface area contributed by atoms with Crippen LogP contribution in [0.4, 0.5) is 0 Å². The van der Waals surface area contributed by atoms with E-state index < -0.39 is 0 Å². The molecule has 5 aromatic heterocycles. The highest BCUT2D eigenvalue weighted by molar-refractivity contribution is 7.25. The molecule has 3 aromatic carbocycles. The third kappa shape index (κ3) is 3.63. The zero-order chi connectivity index (χ0) is 25.8. The number of hydrogen-bond acceptors (Lipinski definition) is 7. The number of benzene rings is 3. The summed E-state index contributed by atoms with van der Waals surface area (Å²) in [5, 5.41) is 5.73. The molecule has 182 valence electrons. The van der Waals surface area contributed by atoms with Crippen LogP contribution in [0.1, 0.15) is 0 Å². The van der Waals surface area contributed by atoms with Crippen LogP contribution >= 0.6 is 11.3 Å². The molecule has 0 saturated carbocycles. The van der Waals surface area contributed by atoms with Crippen molar-refractivity contribution >= 4 is 53.2 Å². The molecule has 0 saturated heterocycles. The van der Waals surface area contributed by atoms with Crippen LogP contribution in [0.15, 0.2) is 110 Å². The minimum Gasteiger partial charge on any atom is -0.264 e. The Kier molecular flexibility index (Phi) is 4.89. The van der Waals surface area contributed by atoms with Crippen LogP contribution in [-0.2, 0) is 0 Å². The van der Waals surface area contributed by atoms with E-state index in [0.717, 1.165) is 38.5 Å². The van der Waals surface area contributed by atoms with Crippen molar-refractivity contribution in [2.45, 2.75) is 0 Å². The zero-order valence-electron chi connectivity index (χ0n) is 20.5. The number of aromatic nitrogens is 6. The second kappa shape index (κ2) is 8.72. The number of thiophene rings is 1.